The third-order valence-corrected chi connectivity index (χ3v) is 1.34. The topological polar surface area (TPSA) is 3.24 Å². The molecule has 0 aromatic carbocycles. The molecular weight excluding hydrogens is 287 g/mol. The van der Waals surface area contributed by atoms with Gasteiger partial charge in [-0.1, -0.05) is 20.8 Å². The van der Waals surface area contributed by atoms with E-state index in [2.05, 4.69) is 25.7 Å². The van der Waals surface area contributed by atoms with E-state index in [1.807, 2.05) is 0 Å². The molecule has 0 atom stereocenters. The smallest absolute Gasteiger partial charge is 0 e. The van der Waals surface area contributed by atoms with Crippen molar-refractivity contribution in [1.82, 2.24) is 4.90 Å². The predicted molar refractivity (Wildman–Crippen MR) is 62.5 cm³/mol. The van der Waals surface area contributed by atoms with E-state index in [4.69, 9.17) is 0 Å². The molecule has 0 saturated heterocycles. The van der Waals surface area contributed by atoms with Gasteiger partial charge < -0.3 is 4.90 Å². The van der Waals surface area contributed by atoms with Crippen molar-refractivity contribution in [2.24, 2.45) is 0 Å². The van der Waals surface area contributed by atoms with Crippen LogP contribution in [0.15, 0.2) is 0 Å². The SMILES string of the molecule is CCN(CC)CC.Cl.Cl.Cl.Cl.[Co]. The van der Waals surface area contributed by atoms with Crippen molar-refractivity contribution in [1.29, 1.82) is 0 Å². The van der Waals surface area contributed by atoms with E-state index >= 15 is 0 Å². The molecule has 0 aromatic heterocycles. The molecular formula is C6H19Cl4CoN. The minimum absolute atomic E-state index is 0. The first kappa shape index (κ1) is 37.4. The van der Waals surface area contributed by atoms with Gasteiger partial charge in [0.05, 0.1) is 0 Å². The molecule has 0 rings (SSSR count). The molecule has 0 aliphatic rings. The largest absolute Gasteiger partial charge is 0.304 e. The van der Waals surface area contributed by atoms with Gasteiger partial charge in [0.2, 0.25) is 0 Å². The number of halogens is 4. The summed E-state index contributed by atoms with van der Waals surface area (Å²) in [7, 11) is 0. The van der Waals surface area contributed by atoms with Gasteiger partial charge in [0.1, 0.15) is 0 Å². The molecule has 1 radical (unpaired) electrons. The Kier molecular flexibility index (Phi) is 91.3. The van der Waals surface area contributed by atoms with Gasteiger partial charge in [0.25, 0.3) is 0 Å². The van der Waals surface area contributed by atoms with Crippen molar-refractivity contribution >= 4 is 49.6 Å². The van der Waals surface area contributed by atoms with Gasteiger partial charge in [-0.2, -0.15) is 0 Å². The van der Waals surface area contributed by atoms with Crippen LogP contribution in [0.1, 0.15) is 20.8 Å². The van der Waals surface area contributed by atoms with Crippen molar-refractivity contribution in [3.05, 3.63) is 0 Å². The Labute approximate surface area is 111 Å². The zero-order chi connectivity index (χ0) is 5.70. The first-order chi connectivity index (χ1) is 3.35. The van der Waals surface area contributed by atoms with Crippen LogP contribution >= 0.6 is 49.6 Å². The molecule has 0 bridgehead atoms. The zero-order valence-electron chi connectivity index (χ0n) is 7.53. The van der Waals surface area contributed by atoms with Crippen molar-refractivity contribution in [2.45, 2.75) is 20.8 Å². The molecule has 0 saturated carbocycles. The maximum atomic E-state index is 2.38. The zero-order valence-corrected chi connectivity index (χ0v) is 11.8. The standard InChI is InChI=1S/C6H15N.4ClH.Co/c1-4-7(5-2)6-3;;;;;/h4-6H2,1-3H3;4*1H;. The number of nitrogens with zero attached hydrogens (tertiary/aromatic N) is 1. The average molecular weight is 306 g/mol. The normalized spacial score (nSPS) is 6.00. The van der Waals surface area contributed by atoms with Crippen molar-refractivity contribution in [3.8, 4) is 0 Å². The summed E-state index contributed by atoms with van der Waals surface area (Å²) >= 11 is 0. The first-order valence-corrected chi connectivity index (χ1v) is 3.07. The van der Waals surface area contributed by atoms with E-state index in [0.29, 0.717) is 0 Å². The van der Waals surface area contributed by atoms with E-state index in [-0.39, 0.29) is 66.4 Å². The van der Waals surface area contributed by atoms with E-state index < -0.39 is 0 Å². The van der Waals surface area contributed by atoms with Gasteiger partial charge in [0, 0.05) is 16.8 Å². The van der Waals surface area contributed by atoms with Crippen LogP contribution in [0.4, 0.5) is 0 Å². The second-order valence-corrected chi connectivity index (χ2v) is 1.62. The fraction of sp³-hybridized carbons (Fsp3) is 1.00. The van der Waals surface area contributed by atoms with E-state index in [0.717, 1.165) is 0 Å². The van der Waals surface area contributed by atoms with Crippen LogP contribution in [0, 0.1) is 0 Å². The van der Waals surface area contributed by atoms with Gasteiger partial charge in [-0.3, -0.25) is 0 Å². The van der Waals surface area contributed by atoms with Gasteiger partial charge in [-0.25, -0.2) is 0 Å². The Hall–Kier alpha value is 1.63. The van der Waals surface area contributed by atoms with Crippen LogP contribution in [-0.2, 0) is 16.8 Å². The van der Waals surface area contributed by atoms with Crippen LogP contribution in [0.2, 0.25) is 0 Å². The molecule has 0 unspecified atom stereocenters. The number of rotatable bonds is 3. The molecule has 6 heteroatoms. The monoisotopic (exact) mass is 304 g/mol. The van der Waals surface area contributed by atoms with E-state index in [1.54, 1.807) is 0 Å². The van der Waals surface area contributed by atoms with Crippen molar-refractivity contribution < 1.29 is 16.8 Å². The van der Waals surface area contributed by atoms with Crippen LogP contribution in [-0.4, -0.2) is 24.5 Å². The minimum Gasteiger partial charge on any atom is -0.304 e. The number of hydrogen-bond donors (Lipinski definition) is 0. The summed E-state index contributed by atoms with van der Waals surface area (Å²) < 4.78 is 0. The van der Waals surface area contributed by atoms with Gasteiger partial charge in [-0.15, -0.1) is 49.6 Å². The van der Waals surface area contributed by atoms with Crippen molar-refractivity contribution in [2.75, 3.05) is 19.6 Å². The van der Waals surface area contributed by atoms with Gasteiger partial charge in [0.15, 0.2) is 0 Å². The molecule has 0 fully saturated rings. The molecule has 0 aliphatic heterocycles. The van der Waals surface area contributed by atoms with Crippen LogP contribution in [0.5, 0.6) is 0 Å². The first-order valence-electron chi connectivity index (χ1n) is 3.07. The summed E-state index contributed by atoms with van der Waals surface area (Å²) in [6, 6.07) is 0. The van der Waals surface area contributed by atoms with Crippen molar-refractivity contribution in [3.63, 3.8) is 0 Å². The maximum absolute atomic E-state index is 2.38. The Morgan fingerprint density at radius 1 is 0.667 bits per heavy atom. The number of hydrogen-bond acceptors (Lipinski definition) is 1. The summed E-state index contributed by atoms with van der Waals surface area (Å²) in [6.45, 7) is 10.1. The van der Waals surface area contributed by atoms with Crippen LogP contribution < -0.4 is 0 Å². The third kappa shape index (κ3) is 22.6. The predicted octanol–water partition coefficient (Wildman–Crippen LogP) is 3.03. The van der Waals surface area contributed by atoms with Crippen LogP contribution in [0.25, 0.3) is 0 Å². The fourth-order valence-electron chi connectivity index (χ4n) is 0.671. The van der Waals surface area contributed by atoms with E-state index in [1.165, 1.54) is 19.6 Å². The summed E-state index contributed by atoms with van der Waals surface area (Å²) in [6.07, 6.45) is 0. The summed E-state index contributed by atoms with van der Waals surface area (Å²) in [4.78, 5) is 2.38. The Bertz CT molecular complexity index is 41.0. The third-order valence-electron chi connectivity index (χ3n) is 1.34. The van der Waals surface area contributed by atoms with E-state index in [9.17, 15) is 0 Å². The molecule has 0 amide bonds. The molecule has 12 heavy (non-hydrogen) atoms. The Morgan fingerprint density at radius 3 is 0.833 bits per heavy atom. The fourth-order valence-corrected chi connectivity index (χ4v) is 0.671. The van der Waals surface area contributed by atoms with Crippen LogP contribution in [0.3, 0.4) is 0 Å². The molecule has 0 spiro atoms. The maximum Gasteiger partial charge on any atom is 0 e. The summed E-state index contributed by atoms with van der Waals surface area (Å²) in [5.41, 5.74) is 0. The molecule has 85 valence electrons. The van der Waals surface area contributed by atoms with Gasteiger partial charge in [-0.05, 0) is 19.6 Å². The second-order valence-electron chi connectivity index (χ2n) is 1.62. The molecule has 1 nitrogen and oxygen atoms in total. The second kappa shape index (κ2) is 29.3. The quantitative estimate of drug-likeness (QED) is 0.775. The molecule has 0 heterocycles. The summed E-state index contributed by atoms with van der Waals surface area (Å²) in [5, 5.41) is 0. The minimum atomic E-state index is 0. The Balaban J connectivity index is -0.0000000180. The Morgan fingerprint density at radius 2 is 0.833 bits per heavy atom. The van der Waals surface area contributed by atoms with Gasteiger partial charge >= 0.3 is 0 Å². The molecule has 0 aromatic rings. The summed E-state index contributed by atoms with van der Waals surface area (Å²) in [5.74, 6) is 0. The average Bonchev–Trinajstić information content (AvgIpc) is 1.72. The molecule has 0 aliphatic carbocycles. The molecule has 0 N–H and O–H groups in total.